The second kappa shape index (κ2) is 6.00. The number of nitrogens with zero attached hydrogens (tertiary/aromatic N) is 1. The van der Waals surface area contributed by atoms with Gasteiger partial charge in [0, 0.05) is 24.6 Å². The van der Waals surface area contributed by atoms with Gasteiger partial charge >= 0.3 is 0 Å². The standard InChI is InChI=1S/C14H19NS/c1-13-4-6-14(7-5-13)12-16-11-10-15-8-2-3-9-15/h2,4-8H,3,9-12H2,1H3. The molecule has 0 saturated heterocycles. The molecule has 0 radical (unpaired) electrons. The highest BCUT2D eigenvalue weighted by Gasteiger charge is 2.03. The largest absolute Gasteiger partial charge is 0.377 e. The second-order valence-corrected chi connectivity index (χ2v) is 5.35. The SMILES string of the molecule is Cc1ccc(CSCCN2C=CCC2)cc1. The topological polar surface area (TPSA) is 3.24 Å². The average Bonchev–Trinajstić information content (AvgIpc) is 2.80. The summed E-state index contributed by atoms with van der Waals surface area (Å²) in [5.74, 6) is 2.36. The van der Waals surface area contributed by atoms with Crippen molar-refractivity contribution in [2.24, 2.45) is 0 Å². The number of benzene rings is 1. The first-order chi connectivity index (χ1) is 7.84. The molecule has 0 unspecified atom stereocenters. The van der Waals surface area contributed by atoms with Crippen molar-refractivity contribution >= 4 is 11.8 Å². The van der Waals surface area contributed by atoms with E-state index in [-0.39, 0.29) is 0 Å². The predicted molar refractivity (Wildman–Crippen MR) is 72.7 cm³/mol. The Bertz CT molecular complexity index is 342. The van der Waals surface area contributed by atoms with Crippen molar-refractivity contribution < 1.29 is 0 Å². The van der Waals surface area contributed by atoms with Crippen molar-refractivity contribution in [3.05, 3.63) is 47.7 Å². The molecule has 0 spiro atoms. The van der Waals surface area contributed by atoms with Gasteiger partial charge < -0.3 is 4.90 Å². The summed E-state index contributed by atoms with van der Waals surface area (Å²) in [4.78, 5) is 2.40. The van der Waals surface area contributed by atoms with Gasteiger partial charge in [0.1, 0.15) is 0 Å². The fourth-order valence-electron chi connectivity index (χ4n) is 1.78. The third-order valence-electron chi connectivity index (χ3n) is 2.81. The van der Waals surface area contributed by atoms with Gasteiger partial charge in [-0.3, -0.25) is 0 Å². The molecule has 0 saturated carbocycles. The molecule has 0 fully saturated rings. The minimum Gasteiger partial charge on any atom is -0.377 e. The normalized spacial score (nSPS) is 14.7. The minimum absolute atomic E-state index is 1.14. The van der Waals surface area contributed by atoms with E-state index < -0.39 is 0 Å². The first-order valence-corrected chi connectivity index (χ1v) is 7.04. The van der Waals surface area contributed by atoms with Gasteiger partial charge in [0.05, 0.1) is 0 Å². The van der Waals surface area contributed by atoms with Crippen LogP contribution in [-0.2, 0) is 5.75 Å². The maximum absolute atomic E-state index is 2.40. The van der Waals surface area contributed by atoms with E-state index in [0.29, 0.717) is 0 Å². The molecular weight excluding hydrogens is 214 g/mol. The van der Waals surface area contributed by atoms with Gasteiger partial charge in [-0.15, -0.1) is 0 Å². The molecular formula is C14H19NS. The fourth-order valence-corrected chi connectivity index (χ4v) is 2.72. The molecule has 0 N–H and O–H groups in total. The quantitative estimate of drug-likeness (QED) is 0.717. The van der Waals surface area contributed by atoms with E-state index in [1.807, 2.05) is 11.8 Å². The van der Waals surface area contributed by atoms with Gasteiger partial charge in [-0.2, -0.15) is 11.8 Å². The summed E-state index contributed by atoms with van der Waals surface area (Å²) in [6.07, 6.45) is 5.71. The molecule has 0 aliphatic carbocycles. The smallest absolute Gasteiger partial charge is 0.0263 e. The highest BCUT2D eigenvalue weighted by molar-refractivity contribution is 7.98. The monoisotopic (exact) mass is 233 g/mol. The number of thioether (sulfide) groups is 1. The Balaban J connectivity index is 1.64. The number of hydrogen-bond donors (Lipinski definition) is 0. The zero-order chi connectivity index (χ0) is 11.2. The minimum atomic E-state index is 1.14. The molecule has 86 valence electrons. The fraction of sp³-hybridized carbons (Fsp3) is 0.429. The lowest BCUT2D eigenvalue weighted by Gasteiger charge is -2.14. The zero-order valence-corrected chi connectivity index (χ0v) is 10.7. The van der Waals surface area contributed by atoms with Gasteiger partial charge in [0.2, 0.25) is 0 Å². The van der Waals surface area contributed by atoms with E-state index in [9.17, 15) is 0 Å². The Hall–Kier alpha value is -0.890. The highest BCUT2D eigenvalue weighted by atomic mass is 32.2. The molecule has 0 bridgehead atoms. The van der Waals surface area contributed by atoms with Crippen LogP contribution in [0.1, 0.15) is 17.5 Å². The van der Waals surface area contributed by atoms with Crippen molar-refractivity contribution in [1.82, 2.24) is 4.90 Å². The Morgan fingerprint density at radius 1 is 1.25 bits per heavy atom. The predicted octanol–water partition coefficient (Wildman–Crippen LogP) is 3.45. The van der Waals surface area contributed by atoms with Crippen LogP contribution in [0.3, 0.4) is 0 Å². The van der Waals surface area contributed by atoms with Gasteiger partial charge in [0.25, 0.3) is 0 Å². The summed E-state index contributed by atoms with van der Waals surface area (Å²) in [5, 5.41) is 0. The molecule has 0 amide bonds. The number of hydrogen-bond acceptors (Lipinski definition) is 2. The van der Waals surface area contributed by atoms with Crippen LogP contribution >= 0.6 is 11.8 Å². The van der Waals surface area contributed by atoms with Crippen LogP contribution < -0.4 is 0 Å². The van der Waals surface area contributed by atoms with Crippen molar-refractivity contribution in [1.29, 1.82) is 0 Å². The van der Waals surface area contributed by atoms with Crippen LogP contribution in [-0.4, -0.2) is 23.7 Å². The van der Waals surface area contributed by atoms with Crippen LogP contribution in [0.2, 0.25) is 0 Å². The summed E-state index contributed by atoms with van der Waals surface area (Å²) >= 11 is 2.02. The van der Waals surface area contributed by atoms with Gasteiger partial charge in [-0.05, 0) is 25.1 Å². The molecule has 1 aliphatic heterocycles. The van der Waals surface area contributed by atoms with Crippen LogP contribution in [0.15, 0.2) is 36.5 Å². The van der Waals surface area contributed by atoms with Crippen molar-refractivity contribution in [2.75, 3.05) is 18.8 Å². The van der Waals surface area contributed by atoms with Gasteiger partial charge in [-0.1, -0.05) is 35.9 Å². The molecule has 1 aromatic carbocycles. The number of aryl methyl sites for hydroxylation is 1. The van der Waals surface area contributed by atoms with Crippen molar-refractivity contribution in [3.8, 4) is 0 Å². The molecule has 0 atom stereocenters. The van der Waals surface area contributed by atoms with Crippen LogP contribution in [0.4, 0.5) is 0 Å². The Kier molecular flexibility index (Phi) is 4.34. The second-order valence-electron chi connectivity index (χ2n) is 4.25. The lowest BCUT2D eigenvalue weighted by molar-refractivity contribution is 0.433. The molecule has 1 aliphatic rings. The molecule has 0 aromatic heterocycles. The van der Waals surface area contributed by atoms with E-state index in [1.54, 1.807) is 0 Å². The molecule has 2 rings (SSSR count). The van der Waals surface area contributed by atoms with E-state index >= 15 is 0 Å². The first kappa shape index (κ1) is 11.6. The molecule has 1 nitrogen and oxygen atoms in total. The molecule has 1 heterocycles. The molecule has 2 heteroatoms. The first-order valence-electron chi connectivity index (χ1n) is 5.88. The molecule has 1 aromatic rings. The van der Waals surface area contributed by atoms with Crippen molar-refractivity contribution in [3.63, 3.8) is 0 Å². The van der Waals surface area contributed by atoms with E-state index in [0.717, 1.165) is 5.75 Å². The Labute approximate surface area is 103 Å². The van der Waals surface area contributed by atoms with Crippen LogP contribution in [0, 0.1) is 6.92 Å². The number of rotatable bonds is 5. The zero-order valence-electron chi connectivity index (χ0n) is 9.86. The third-order valence-corrected chi connectivity index (χ3v) is 3.82. The summed E-state index contributed by atoms with van der Waals surface area (Å²) < 4.78 is 0. The highest BCUT2D eigenvalue weighted by Crippen LogP contribution is 2.14. The lowest BCUT2D eigenvalue weighted by atomic mass is 10.2. The van der Waals surface area contributed by atoms with Gasteiger partial charge in [-0.25, -0.2) is 0 Å². The Morgan fingerprint density at radius 3 is 2.75 bits per heavy atom. The maximum Gasteiger partial charge on any atom is 0.0263 e. The Morgan fingerprint density at radius 2 is 2.06 bits per heavy atom. The van der Waals surface area contributed by atoms with E-state index in [2.05, 4.69) is 48.4 Å². The lowest BCUT2D eigenvalue weighted by Crippen LogP contribution is -2.17. The van der Waals surface area contributed by atoms with Crippen LogP contribution in [0.25, 0.3) is 0 Å². The average molecular weight is 233 g/mol. The summed E-state index contributed by atoms with van der Waals surface area (Å²) in [5.41, 5.74) is 2.78. The van der Waals surface area contributed by atoms with Crippen LogP contribution in [0.5, 0.6) is 0 Å². The van der Waals surface area contributed by atoms with E-state index in [4.69, 9.17) is 0 Å². The third kappa shape index (κ3) is 3.60. The van der Waals surface area contributed by atoms with E-state index in [1.165, 1.54) is 36.4 Å². The molecule has 16 heavy (non-hydrogen) atoms. The van der Waals surface area contributed by atoms with Crippen molar-refractivity contribution in [2.45, 2.75) is 19.1 Å². The maximum atomic E-state index is 2.40. The summed E-state index contributed by atoms with van der Waals surface area (Å²) in [6, 6.07) is 8.86. The van der Waals surface area contributed by atoms with Gasteiger partial charge in [0.15, 0.2) is 0 Å². The summed E-state index contributed by atoms with van der Waals surface area (Å²) in [7, 11) is 0. The summed E-state index contributed by atoms with van der Waals surface area (Å²) in [6.45, 7) is 4.54.